The van der Waals surface area contributed by atoms with Gasteiger partial charge in [0.15, 0.2) is 18.5 Å². The summed E-state index contributed by atoms with van der Waals surface area (Å²) in [7, 11) is 0. The zero-order valence-electron chi connectivity index (χ0n) is 18.4. The van der Waals surface area contributed by atoms with E-state index < -0.39 is 30.5 Å². The Kier molecular flexibility index (Phi) is 5.98. The van der Waals surface area contributed by atoms with Crippen molar-refractivity contribution >= 4 is 38.5 Å². The number of aryl methyl sites for hydroxylation is 2. The number of fused-ring (bicyclic) bond motifs is 4. The van der Waals surface area contributed by atoms with Crippen molar-refractivity contribution in [2.45, 2.75) is 45.3 Å². The number of hydrogen-bond donors (Lipinski definition) is 5. The van der Waals surface area contributed by atoms with Crippen LogP contribution in [0, 0.1) is 13.8 Å². The quantitative estimate of drug-likeness (QED) is 0.276. The molecule has 0 unspecified atom stereocenters. The van der Waals surface area contributed by atoms with Crippen LogP contribution >= 0.6 is 0 Å². The van der Waals surface area contributed by atoms with Crippen molar-refractivity contribution in [2.75, 3.05) is 6.61 Å². The van der Waals surface area contributed by atoms with Gasteiger partial charge in [-0.3, -0.25) is 0 Å². The summed E-state index contributed by atoms with van der Waals surface area (Å²) in [5.41, 5.74) is 4.11. The number of phenolic OH excluding ortho intramolecular Hbond substituents is 1. The molecule has 2 aromatic carbocycles. The van der Waals surface area contributed by atoms with Crippen molar-refractivity contribution in [3.63, 3.8) is 0 Å². The van der Waals surface area contributed by atoms with Gasteiger partial charge in [0.2, 0.25) is 0 Å². The topological polar surface area (TPSA) is 150 Å². The van der Waals surface area contributed by atoms with Gasteiger partial charge < -0.3 is 40.0 Å². The number of carboxylic acids is 1. The van der Waals surface area contributed by atoms with Crippen LogP contribution in [0.1, 0.15) is 24.3 Å². The Morgan fingerprint density at radius 1 is 1.12 bits per heavy atom. The third kappa shape index (κ3) is 3.89. The molecule has 174 valence electrons. The van der Waals surface area contributed by atoms with Gasteiger partial charge in [-0.2, -0.15) is 4.57 Å². The Hall–Kier alpha value is -3.24. The van der Waals surface area contributed by atoms with E-state index in [1.807, 2.05) is 31.5 Å². The van der Waals surface area contributed by atoms with Gasteiger partial charge >= 0.3 is 0 Å². The Labute approximate surface area is 189 Å². The van der Waals surface area contributed by atoms with Crippen LogP contribution in [-0.2, 0) is 9.53 Å². The molecule has 1 saturated heterocycles. The van der Waals surface area contributed by atoms with Crippen LogP contribution in [0.4, 0.5) is 0 Å². The molecule has 9 heteroatoms. The van der Waals surface area contributed by atoms with Gasteiger partial charge in [-0.15, -0.1) is 0 Å². The van der Waals surface area contributed by atoms with E-state index in [2.05, 4.69) is 11.9 Å². The molecule has 3 heterocycles. The summed E-state index contributed by atoms with van der Waals surface area (Å²) in [4.78, 5) is 12.3. The first kappa shape index (κ1) is 22.9. The molecule has 1 fully saturated rings. The number of carboxylic acid groups (broad SMARTS) is 1. The Morgan fingerprint density at radius 2 is 1.82 bits per heavy atom. The molecule has 1 aliphatic heterocycles. The number of nitrogens with one attached hydrogen (secondary N) is 1. The number of carbonyl (C=O) groups excluding carboxylic acids is 1. The van der Waals surface area contributed by atoms with Crippen molar-refractivity contribution in [1.29, 1.82) is 0 Å². The van der Waals surface area contributed by atoms with Crippen molar-refractivity contribution in [2.24, 2.45) is 0 Å². The van der Waals surface area contributed by atoms with Crippen molar-refractivity contribution < 1.29 is 39.6 Å². The lowest BCUT2D eigenvalue weighted by molar-refractivity contribution is -0.764. The highest BCUT2D eigenvalue weighted by atomic mass is 16.6. The highest BCUT2D eigenvalue weighted by molar-refractivity contribution is 6.16. The minimum atomic E-state index is -1.14. The molecule has 0 aliphatic carbocycles. The molecule has 0 bridgehead atoms. The van der Waals surface area contributed by atoms with Crippen molar-refractivity contribution in [3.8, 4) is 5.75 Å². The first-order chi connectivity index (χ1) is 15.6. The predicted molar refractivity (Wildman–Crippen MR) is 118 cm³/mol. The van der Waals surface area contributed by atoms with Gasteiger partial charge in [0, 0.05) is 33.7 Å². The van der Waals surface area contributed by atoms with Gasteiger partial charge in [0.1, 0.15) is 18.0 Å². The highest BCUT2D eigenvalue weighted by Gasteiger charge is 2.48. The van der Waals surface area contributed by atoms with Gasteiger partial charge in [-0.25, -0.2) is 0 Å². The van der Waals surface area contributed by atoms with E-state index in [0.717, 1.165) is 50.6 Å². The maximum atomic E-state index is 10.4. The number of aromatic amines is 1. The second-order valence-electron chi connectivity index (χ2n) is 8.29. The predicted octanol–water partition coefficient (Wildman–Crippen LogP) is 0.452. The smallest absolute Gasteiger partial charge is 0.292 e. The number of benzene rings is 2. The number of aliphatic hydroxyl groups is 3. The molecular formula is C24H26N2O7. The summed E-state index contributed by atoms with van der Waals surface area (Å²) in [5, 5.41) is 52.7. The SMILES string of the molecule is CC(=O)[O-].Cc1c2cc[n+]([C@H]3O[C@@H](CO)[C@H](O)[C@H]3O)cc2c(C)c2c1[nH]c1ccc(O)cc12. The second-order valence-corrected chi connectivity index (χ2v) is 8.29. The minimum absolute atomic E-state index is 0.213. The number of rotatable bonds is 2. The second kappa shape index (κ2) is 8.60. The van der Waals surface area contributed by atoms with Crippen molar-refractivity contribution in [3.05, 3.63) is 47.8 Å². The zero-order valence-corrected chi connectivity index (χ0v) is 18.4. The number of aromatic nitrogens is 2. The van der Waals surface area contributed by atoms with Gasteiger partial charge in [-0.1, -0.05) is 0 Å². The number of phenols is 1. The van der Waals surface area contributed by atoms with E-state index in [1.165, 1.54) is 0 Å². The number of pyridine rings is 1. The lowest BCUT2D eigenvalue weighted by Crippen LogP contribution is -2.45. The van der Waals surface area contributed by atoms with Crippen LogP contribution in [0.15, 0.2) is 36.7 Å². The van der Waals surface area contributed by atoms with Gasteiger partial charge in [0.25, 0.3) is 6.23 Å². The van der Waals surface area contributed by atoms with E-state index in [9.17, 15) is 20.4 Å². The third-order valence-electron chi connectivity index (χ3n) is 6.13. The number of carbonyl (C=O) groups is 1. The summed E-state index contributed by atoms with van der Waals surface area (Å²) >= 11 is 0. The van der Waals surface area contributed by atoms with Crippen LogP contribution in [0.2, 0.25) is 0 Å². The summed E-state index contributed by atoms with van der Waals surface area (Å²) in [6.07, 6.45) is -0.164. The summed E-state index contributed by atoms with van der Waals surface area (Å²) in [5.74, 6) is -0.870. The number of hydrogen-bond acceptors (Lipinski definition) is 7. The minimum Gasteiger partial charge on any atom is -0.550 e. The number of H-pyrrole nitrogens is 1. The Morgan fingerprint density at radius 3 is 2.45 bits per heavy atom. The fourth-order valence-electron chi connectivity index (χ4n) is 4.54. The first-order valence-electron chi connectivity index (χ1n) is 10.5. The fraction of sp³-hybridized carbons (Fsp3) is 0.333. The summed E-state index contributed by atoms with van der Waals surface area (Å²) in [6.45, 7) is 4.69. The van der Waals surface area contributed by atoms with Gasteiger partial charge in [0.05, 0.1) is 12.1 Å². The largest absolute Gasteiger partial charge is 0.550 e. The molecular weight excluding hydrogens is 428 g/mol. The molecule has 0 radical (unpaired) electrons. The van der Waals surface area contributed by atoms with E-state index in [1.54, 1.807) is 16.7 Å². The number of nitrogens with zero attached hydrogens (tertiary/aromatic N) is 1. The standard InChI is InChI=1S/C22H22N2O5.C2H4O2/c1-10-15-8-24(22-21(28)20(27)17(9-25)29-22)6-5-13(15)11(2)19-18(10)14-7-12(26)3-4-16(14)23-19;1-2(3)4/h3-8,17,20-22,25-28H,9H2,1-2H3;1H3,(H,3,4)/t17-,20-,21+,22-;/m0./s1. The van der Waals surface area contributed by atoms with Crippen LogP contribution in [0.3, 0.4) is 0 Å². The maximum absolute atomic E-state index is 10.4. The van der Waals surface area contributed by atoms with Crippen LogP contribution in [0.25, 0.3) is 32.6 Å². The van der Waals surface area contributed by atoms with Crippen LogP contribution in [0.5, 0.6) is 5.75 Å². The third-order valence-corrected chi connectivity index (χ3v) is 6.13. The van der Waals surface area contributed by atoms with E-state index in [0.29, 0.717) is 0 Å². The fourth-order valence-corrected chi connectivity index (χ4v) is 4.54. The molecule has 2 aromatic heterocycles. The van der Waals surface area contributed by atoms with Crippen LogP contribution < -0.4 is 9.67 Å². The molecule has 4 atom stereocenters. The average molecular weight is 454 g/mol. The summed E-state index contributed by atoms with van der Waals surface area (Å²) in [6, 6.07) is 7.26. The lowest BCUT2D eigenvalue weighted by atomic mass is 9.97. The summed E-state index contributed by atoms with van der Waals surface area (Å²) < 4.78 is 7.40. The number of aliphatic hydroxyl groups excluding tert-OH is 3. The average Bonchev–Trinajstić information content (AvgIpc) is 3.29. The Bertz CT molecular complexity index is 1360. The molecule has 33 heavy (non-hydrogen) atoms. The van der Waals surface area contributed by atoms with E-state index in [4.69, 9.17) is 14.6 Å². The maximum Gasteiger partial charge on any atom is 0.292 e. The van der Waals surface area contributed by atoms with Gasteiger partial charge in [-0.05, 0) is 55.5 Å². The normalized spacial score (nSPS) is 22.6. The molecule has 0 amide bonds. The zero-order chi connectivity index (χ0) is 24.0. The molecule has 1 aliphatic rings. The molecule has 5 rings (SSSR count). The van der Waals surface area contributed by atoms with E-state index in [-0.39, 0.29) is 12.4 Å². The monoisotopic (exact) mass is 454 g/mol. The number of ether oxygens (including phenoxy) is 1. The lowest BCUT2D eigenvalue weighted by Gasteiger charge is -2.12. The van der Waals surface area contributed by atoms with Crippen LogP contribution in [-0.4, -0.2) is 56.3 Å². The Balaban J connectivity index is 0.000000601. The molecule has 4 aromatic rings. The van der Waals surface area contributed by atoms with Crippen molar-refractivity contribution in [1.82, 2.24) is 4.98 Å². The number of aliphatic carboxylic acids is 1. The first-order valence-corrected chi connectivity index (χ1v) is 10.5. The number of aromatic hydroxyl groups is 1. The highest BCUT2D eigenvalue weighted by Crippen LogP contribution is 2.37. The molecule has 0 saturated carbocycles. The molecule has 0 spiro atoms. The molecule has 5 N–H and O–H groups in total. The molecule has 9 nitrogen and oxygen atoms in total. The van der Waals surface area contributed by atoms with E-state index >= 15 is 0 Å².